The Morgan fingerprint density at radius 3 is 2.00 bits per heavy atom. The lowest BCUT2D eigenvalue weighted by molar-refractivity contribution is -0.225. The summed E-state index contributed by atoms with van der Waals surface area (Å²) in [7, 11) is 0. The molecule has 6 heteroatoms. The van der Waals surface area contributed by atoms with Crippen LogP contribution in [0.15, 0.2) is 11.6 Å². The van der Waals surface area contributed by atoms with Crippen LogP contribution in [0.3, 0.4) is 0 Å². The molecule has 0 bridgehead atoms. The van der Waals surface area contributed by atoms with Crippen LogP contribution >= 0.6 is 0 Å². The van der Waals surface area contributed by atoms with E-state index in [0.29, 0.717) is 13.2 Å². The zero-order valence-electron chi connectivity index (χ0n) is 23.6. The third kappa shape index (κ3) is 7.54. The van der Waals surface area contributed by atoms with Crippen LogP contribution in [0.4, 0.5) is 0 Å². The van der Waals surface area contributed by atoms with Crippen LogP contribution in [0.1, 0.15) is 118 Å². The molecule has 208 valence electrons. The normalized spacial score (nSPS) is 34.9. The Labute approximate surface area is 219 Å². The van der Waals surface area contributed by atoms with E-state index in [-0.39, 0.29) is 36.6 Å². The molecule has 0 radical (unpaired) electrons. The van der Waals surface area contributed by atoms with Crippen LogP contribution in [-0.2, 0) is 28.4 Å². The Morgan fingerprint density at radius 2 is 1.39 bits per heavy atom. The Bertz CT molecular complexity index is 704. The van der Waals surface area contributed by atoms with Gasteiger partial charge in [-0.3, -0.25) is 0 Å². The summed E-state index contributed by atoms with van der Waals surface area (Å²) in [6.45, 7) is 11.3. The maximum atomic E-state index is 6.44. The monoisotopic (exact) mass is 508 g/mol. The van der Waals surface area contributed by atoms with Crippen molar-refractivity contribution in [1.29, 1.82) is 0 Å². The van der Waals surface area contributed by atoms with E-state index in [4.69, 9.17) is 28.4 Å². The van der Waals surface area contributed by atoms with Crippen molar-refractivity contribution in [1.82, 2.24) is 0 Å². The second-order valence-electron chi connectivity index (χ2n) is 12.2. The van der Waals surface area contributed by atoms with Gasteiger partial charge in [-0.05, 0) is 39.7 Å². The molecule has 0 aromatic heterocycles. The molecule has 4 aliphatic rings. The number of unbranched alkanes of at least 4 members (excludes halogenated alkanes) is 11. The van der Waals surface area contributed by atoms with Gasteiger partial charge in [0, 0.05) is 5.92 Å². The van der Waals surface area contributed by atoms with Crippen molar-refractivity contribution in [2.45, 2.75) is 160 Å². The number of ether oxygens (including phenoxy) is 6. The molecule has 0 spiro atoms. The van der Waals surface area contributed by atoms with E-state index < -0.39 is 11.6 Å². The van der Waals surface area contributed by atoms with Crippen LogP contribution < -0.4 is 0 Å². The molecule has 3 fully saturated rings. The highest BCUT2D eigenvalue weighted by atomic mass is 16.8. The Kier molecular flexibility index (Phi) is 10.3. The van der Waals surface area contributed by atoms with Crippen LogP contribution in [0.2, 0.25) is 0 Å². The molecule has 0 unspecified atom stereocenters. The lowest BCUT2D eigenvalue weighted by Gasteiger charge is -2.31. The minimum Gasteiger partial charge on any atom is -0.370 e. The lowest BCUT2D eigenvalue weighted by atomic mass is 9.83. The zero-order valence-corrected chi connectivity index (χ0v) is 23.6. The molecule has 0 N–H and O–H groups in total. The smallest absolute Gasteiger partial charge is 0.188 e. The van der Waals surface area contributed by atoms with Crippen LogP contribution in [0.25, 0.3) is 0 Å². The molecule has 0 aliphatic carbocycles. The summed E-state index contributed by atoms with van der Waals surface area (Å²) < 4.78 is 37.2. The van der Waals surface area contributed by atoms with E-state index in [9.17, 15) is 0 Å². The zero-order chi connectivity index (χ0) is 25.6. The topological polar surface area (TPSA) is 55.4 Å². The van der Waals surface area contributed by atoms with Gasteiger partial charge in [-0.2, -0.15) is 0 Å². The van der Waals surface area contributed by atoms with Crippen molar-refractivity contribution in [3.8, 4) is 0 Å². The lowest BCUT2D eigenvalue weighted by Crippen LogP contribution is -2.41. The van der Waals surface area contributed by atoms with Gasteiger partial charge >= 0.3 is 0 Å². The molecule has 6 nitrogen and oxygen atoms in total. The van der Waals surface area contributed by atoms with E-state index in [1.54, 1.807) is 0 Å². The molecule has 4 heterocycles. The van der Waals surface area contributed by atoms with Crippen molar-refractivity contribution >= 4 is 0 Å². The summed E-state index contributed by atoms with van der Waals surface area (Å²) in [5.41, 5.74) is 1.31. The largest absolute Gasteiger partial charge is 0.370 e. The Morgan fingerprint density at radius 1 is 0.750 bits per heavy atom. The summed E-state index contributed by atoms with van der Waals surface area (Å²) >= 11 is 0. The number of fused-ring (bicyclic) bond motifs is 1. The highest BCUT2D eigenvalue weighted by Crippen LogP contribution is 2.48. The third-order valence-corrected chi connectivity index (χ3v) is 8.18. The van der Waals surface area contributed by atoms with Crippen LogP contribution in [0.5, 0.6) is 0 Å². The average molecular weight is 509 g/mol. The van der Waals surface area contributed by atoms with Crippen molar-refractivity contribution in [2.75, 3.05) is 13.2 Å². The molecule has 4 rings (SSSR count). The fourth-order valence-corrected chi connectivity index (χ4v) is 6.37. The fraction of sp³-hybridized carbons (Fsp3) is 0.933. The van der Waals surface area contributed by atoms with E-state index in [0.717, 1.165) is 6.42 Å². The standard InChI is InChI=1S/C30H52O6/c1-6-7-8-9-10-11-12-13-14-15-16-17-18-23-22(19-20-31-23)25-26(24-21-32-29(2,3)34-24)33-28-27(25)35-30(4,5)36-28/h19,23-28H,6-18,20-21H2,1-5H3/t23-,24-,25-,26+,27+,28+/m0/s1. The maximum Gasteiger partial charge on any atom is 0.188 e. The Hall–Kier alpha value is -0.500. The van der Waals surface area contributed by atoms with Crippen LogP contribution in [-0.4, -0.2) is 55.5 Å². The van der Waals surface area contributed by atoms with Gasteiger partial charge in [0.1, 0.15) is 12.2 Å². The van der Waals surface area contributed by atoms with Gasteiger partial charge in [-0.1, -0.05) is 90.0 Å². The molecule has 3 saturated heterocycles. The van der Waals surface area contributed by atoms with Gasteiger partial charge in [-0.25, -0.2) is 0 Å². The van der Waals surface area contributed by atoms with E-state index in [2.05, 4.69) is 13.0 Å². The van der Waals surface area contributed by atoms with Gasteiger partial charge < -0.3 is 28.4 Å². The molecule has 0 saturated carbocycles. The summed E-state index contributed by atoms with van der Waals surface area (Å²) in [6, 6.07) is 0. The first-order chi connectivity index (χ1) is 17.3. The molecular formula is C30H52O6. The highest BCUT2D eigenvalue weighted by Gasteiger charge is 2.59. The molecular weight excluding hydrogens is 456 g/mol. The van der Waals surface area contributed by atoms with Gasteiger partial charge in [0.15, 0.2) is 17.9 Å². The van der Waals surface area contributed by atoms with Crippen molar-refractivity contribution < 1.29 is 28.4 Å². The fourth-order valence-electron chi connectivity index (χ4n) is 6.37. The third-order valence-electron chi connectivity index (χ3n) is 8.18. The van der Waals surface area contributed by atoms with E-state index in [1.165, 1.54) is 82.6 Å². The highest BCUT2D eigenvalue weighted by molar-refractivity contribution is 5.23. The van der Waals surface area contributed by atoms with Crippen molar-refractivity contribution in [2.24, 2.45) is 5.92 Å². The number of rotatable bonds is 15. The van der Waals surface area contributed by atoms with Crippen molar-refractivity contribution in [3.05, 3.63) is 11.6 Å². The summed E-state index contributed by atoms with van der Waals surface area (Å²) in [5, 5.41) is 0. The minimum absolute atomic E-state index is 0.0594. The van der Waals surface area contributed by atoms with Crippen molar-refractivity contribution in [3.63, 3.8) is 0 Å². The molecule has 36 heavy (non-hydrogen) atoms. The molecule has 0 aromatic carbocycles. The summed E-state index contributed by atoms with van der Waals surface area (Å²) in [5.74, 6) is -1.17. The van der Waals surface area contributed by atoms with Gasteiger partial charge in [0.2, 0.25) is 0 Å². The first kappa shape index (κ1) is 28.5. The van der Waals surface area contributed by atoms with E-state index >= 15 is 0 Å². The van der Waals surface area contributed by atoms with E-state index in [1.807, 2.05) is 27.7 Å². The summed E-state index contributed by atoms with van der Waals surface area (Å²) in [4.78, 5) is 0. The van der Waals surface area contributed by atoms with Crippen LogP contribution in [0, 0.1) is 5.92 Å². The van der Waals surface area contributed by atoms with Gasteiger partial charge in [0.25, 0.3) is 0 Å². The molecule has 0 amide bonds. The minimum atomic E-state index is -0.643. The molecule has 0 aromatic rings. The number of hydrogen-bond acceptors (Lipinski definition) is 6. The predicted octanol–water partition coefficient (Wildman–Crippen LogP) is 7.05. The number of hydrogen-bond donors (Lipinski definition) is 0. The second kappa shape index (κ2) is 13.0. The average Bonchev–Trinajstić information content (AvgIpc) is 3.56. The Balaban J connectivity index is 1.22. The SMILES string of the molecule is CCCCCCCCCCCCCC[C@@H]1OCC=C1[C@@H]1[C@H]2OC(C)(C)O[C@H]2O[C@@H]1[C@@H]1COC(C)(C)O1. The van der Waals surface area contributed by atoms with Gasteiger partial charge in [-0.15, -0.1) is 0 Å². The molecule has 4 aliphatic heterocycles. The van der Waals surface area contributed by atoms with Gasteiger partial charge in [0.05, 0.1) is 25.4 Å². The first-order valence-electron chi connectivity index (χ1n) is 14.9. The quantitative estimate of drug-likeness (QED) is 0.175. The molecule has 6 atom stereocenters. The first-order valence-corrected chi connectivity index (χ1v) is 14.9. The predicted molar refractivity (Wildman–Crippen MR) is 141 cm³/mol. The maximum absolute atomic E-state index is 6.44. The summed E-state index contributed by atoms with van der Waals surface area (Å²) in [6.07, 6.45) is 19.0. The second-order valence-corrected chi connectivity index (χ2v) is 12.2.